The van der Waals surface area contributed by atoms with Crippen molar-refractivity contribution in [2.45, 2.75) is 18.8 Å². The molecule has 3 aromatic carbocycles. The normalized spacial score (nSPS) is 18.0. The number of fused-ring (bicyclic) bond motifs is 1. The maximum atomic E-state index is 13.1. The van der Waals surface area contributed by atoms with E-state index in [1.54, 1.807) is 12.1 Å². The van der Waals surface area contributed by atoms with E-state index in [0.717, 1.165) is 21.0 Å². The number of ketones is 1. The fraction of sp³-hybridized carbons (Fsp3) is 0.125. The molecule has 29 heavy (non-hydrogen) atoms. The number of Topliss-reactive ketones (excluding diaryl/α,β-unsaturated/α-hetero) is 1. The minimum absolute atomic E-state index is 0.111. The monoisotopic (exact) mass is 448 g/mol. The number of carbonyl (C=O) groups excluding carboxylic acids is 1. The second-order valence-corrected chi connectivity index (χ2v) is 7.86. The van der Waals surface area contributed by atoms with Gasteiger partial charge in [-0.1, -0.05) is 64.5 Å². The third-order valence-corrected chi connectivity index (χ3v) is 5.41. The molecule has 0 N–H and O–H groups in total. The van der Waals surface area contributed by atoms with Crippen LogP contribution in [0.25, 0.3) is 11.0 Å². The molecule has 5 heteroatoms. The van der Waals surface area contributed by atoms with Crippen molar-refractivity contribution in [3.8, 4) is 5.75 Å². The van der Waals surface area contributed by atoms with Gasteiger partial charge in [0.15, 0.2) is 11.9 Å². The Kier molecular flexibility index (Phi) is 4.70. The maximum Gasteiger partial charge on any atom is 0.198 e. The van der Waals surface area contributed by atoms with Crippen LogP contribution in [0.1, 0.15) is 27.8 Å². The van der Waals surface area contributed by atoms with Crippen LogP contribution in [0.5, 0.6) is 5.75 Å². The van der Waals surface area contributed by atoms with Crippen molar-refractivity contribution in [3.63, 3.8) is 0 Å². The molecule has 5 rings (SSSR count). The zero-order valence-corrected chi connectivity index (χ0v) is 17.0. The van der Waals surface area contributed by atoms with Gasteiger partial charge in [-0.3, -0.25) is 4.79 Å². The van der Waals surface area contributed by atoms with Crippen molar-refractivity contribution < 1.29 is 18.7 Å². The first-order valence-electron chi connectivity index (χ1n) is 9.33. The molecule has 2 unspecified atom stereocenters. The van der Waals surface area contributed by atoms with Crippen LogP contribution in [0.4, 0.5) is 0 Å². The van der Waals surface area contributed by atoms with E-state index in [1.165, 1.54) is 0 Å². The molecule has 1 saturated heterocycles. The van der Waals surface area contributed by atoms with E-state index < -0.39 is 6.10 Å². The summed E-state index contributed by atoms with van der Waals surface area (Å²) >= 11 is 3.45. The van der Waals surface area contributed by atoms with Crippen LogP contribution in [0.15, 0.2) is 87.8 Å². The summed E-state index contributed by atoms with van der Waals surface area (Å²) in [5, 5.41) is 0.999. The van der Waals surface area contributed by atoms with Gasteiger partial charge in [0.05, 0.1) is 5.56 Å². The van der Waals surface area contributed by atoms with Crippen molar-refractivity contribution in [1.29, 1.82) is 0 Å². The number of rotatable bonds is 6. The van der Waals surface area contributed by atoms with Crippen molar-refractivity contribution in [2.75, 3.05) is 0 Å². The van der Waals surface area contributed by atoms with E-state index in [0.29, 0.717) is 23.7 Å². The number of ether oxygens (including phenoxy) is 2. The van der Waals surface area contributed by atoms with E-state index in [4.69, 9.17) is 13.9 Å². The third kappa shape index (κ3) is 3.71. The molecule has 0 amide bonds. The van der Waals surface area contributed by atoms with Crippen molar-refractivity contribution in [1.82, 2.24) is 0 Å². The van der Waals surface area contributed by atoms with Crippen LogP contribution in [-0.2, 0) is 11.3 Å². The lowest BCUT2D eigenvalue weighted by Crippen LogP contribution is -2.11. The zero-order chi connectivity index (χ0) is 19.8. The van der Waals surface area contributed by atoms with Crippen molar-refractivity contribution in [3.05, 3.63) is 100 Å². The number of benzene rings is 3. The lowest BCUT2D eigenvalue weighted by Gasteiger charge is -2.11. The van der Waals surface area contributed by atoms with E-state index in [9.17, 15) is 4.79 Å². The molecule has 0 saturated carbocycles. The minimum atomic E-state index is -0.566. The predicted octanol–water partition coefficient (Wildman–Crippen LogP) is 6.10. The number of halogens is 1. The Morgan fingerprint density at radius 1 is 0.966 bits per heavy atom. The Morgan fingerprint density at radius 3 is 2.59 bits per heavy atom. The Balaban J connectivity index is 1.36. The van der Waals surface area contributed by atoms with E-state index >= 15 is 0 Å². The summed E-state index contributed by atoms with van der Waals surface area (Å²) < 4.78 is 18.3. The Bertz CT molecular complexity index is 1150. The van der Waals surface area contributed by atoms with Crippen LogP contribution in [0.2, 0.25) is 0 Å². The molecule has 0 aliphatic carbocycles. The van der Waals surface area contributed by atoms with Gasteiger partial charge in [0.25, 0.3) is 0 Å². The number of para-hydroxylation sites is 1. The number of furan rings is 1. The SMILES string of the molecule is O=C(c1cc(Br)ccc1OCc1ccccc1)C1OC1c1cc2ccccc2o1. The lowest BCUT2D eigenvalue weighted by atomic mass is 10.0. The standard InChI is InChI=1S/C24H17BrO4/c25-17-10-11-20(27-14-15-6-2-1-3-7-15)18(13-17)22(26)24-23(29-24)21-12-16-8-4-5-9-19(16)28-21/h1-13,23-24H,14H2. The summed E-state index contributed by atoms with van der Waals surface area (Å²) in [5.41, 5.74) is 2.33. The van der Waals surface area contributed by atoms with E-state index in [1.807, 2.05) is 66.7 Å². The van der Waals surface area contributed by atoms with E-state index in [-0.39, 0.29) is 11.9 Å². The highest BCUT2D eigenvalue weighted by atomic mass is 79.9. The third-order valence-electron chi connectivity index (χ3n) is 4.92. The number of carbonyl (C=O) groups is 1. The van der Waals surface area contributed by atoms with Crippen molar-refractivity contribution >= 4 is 32.7 Å². The summed E-state index contributed by atoms with van der Waals surface area (Å²) in [6.07, 6.45) is -0.931. The second kappa shape index (κ2) is 7.50. The predicted molar refractivity (Wildman–Crippen MR) is 113 cm³/mol. The van der Waals surface area contributed by atoms with Gasteiger partial charge in [-0.25, -0.2) is 0 Å². The minimum Gasteiger partial charge on any atom is -0.488 e. The maximum absolute atomic E-state index is 13.1. The largest absolute Gasteiger partial charge is 0.488 e. The molecular weight excluding hydrogens is 432 g/mol. The van der Waals surface area contributed by atoms with Crippen LogP contribution in [0.3, 0.4) is 0 Å². The molecule has 1 aromatic heterocycles. The molecule has 1 fully saturated rings. The first-order valence-corrected chi connectivity index (χ1v) is 10.1. The van der Waals surface area contributed by atoms with Crippen molar-refractivity contribution in [2.24, 2.45) is 0 Å². The van der Waals surface area contributed by atoms with Gasteiger partial charge >= 0.3 is 0 Å². The zero-order valence-electron chi connectivity index (χ0n) is 15.4. The molecule has 1 aliphatic rings. The van der Waals surface area contributed by atoms with Gasteiger partial charge in [0.2, 0.25) is 0 Å². The van der Waals surface area contributed by atoms with Gasteiger partial charge in [0.1, 0.15) is 29.8 Å². The Morgan fingerprint density at radius 2 is 1.76 bits per heavy atom. The second-order valence-electron chi connectivity index (χ2n) is 6.94. The van der Waals surface area contributed by atoms with Crippen LogP contribution in [-0.4, -0.2) is 11.9 Å². The Labute approximate surface area is 176 Å². The summed E-state index contributed by atoms with van der Waals surface area (Å²) in [7, 11) is 0. The molecule has 2 heterocycles. The molecule has 0 bridgehead atoms. The fourth-order valence-electron chi connectivity index (χ4n) is 3.38. The summed E-state index contributed by atoms with van der Waals surface area (Å²) in [5.74, 6) is 1.10. The first-order chi connectivity index (χ1) is 14.2. The average molecular weight is 449 g/mol. The highest BCUT2D eigenvalue weighted by Crippen LogP contribution is 2.43. The van der Waals surface area contributed by atoms with Gasteiger partial charge in [-0.15, -0.1) is 0 Å². The highest BCUT2D eigenvalue weighted by molar-refractivity contribution is 9.10. The Hall–Kier alpha value is -2.89. The smallest absolute Gasteiger partial charge is 0.198 e. The van der Waals surface area contributed by atoms with Crippen LogP contribution < -0.4 is 4.74 Å². The molecule has 144 valence electrons. The number of hydrogen-bond acceptors (Lipinski definition) is 4. The van der Waals surface area contributed by atoms with Gasteiger partial charge in [-0.2, -0.15) is 0 Å². The summed E-state index contributed by atoms with van der Waals surface area (Å²) in [4.78, 5) is 13.1. The lowest BCUT2D eigenvalue weighted by molar-refractivity contribution is 0.0949. The molecular formula is C24H17BrO4. The van der Waals surface area contributed by atoms with Crippen LogP contribution in [0, 0.1) is 0 Å². The molecule has 4 nitrogen and oxygen atoms in total. The molecule has 0 radical (unpaired) electrons. The summed E-state index contributed by atoms with van der Waals surface area (Å²) in [6, 6.07) is 25.0. The molecule has 1 aliphatic heterocycles. The quantitative estimate of drug-likeness (QED) is 0.264. The van der Waals surface area contributed by atoms with E-state index in [2.05, 4.69) is 15.9 Å². The number of hydrogen-bond donors (Lipinski definition) is 0. The molecule has 2 atom stereocenters. The van der Waals surface area contributed by atoms with Gasteiger partial charge in [-0.05, 0) is 35.9 Å². The first kappa shape index (κ1) is 18.2. The molecule has 4 aromatic rings. The summed E-state index contributed by atoms with van der Waals surface area (Å²) in [6.45, 7) is 0.390. The number of epoxide rings is 1. The average Bonchev–Trinajstić information content (AvgIpc) is 3.44. The van der Waals surface area contributed by atoms with Gasteiger partial charge in [0, 0.05) is 9.86 Å². The molecule has 0 spiro atoms. The fourth-order valence-corrected chi connectivity index (χ4v) is 3.74. The topological polar surface area (TPSA) is 52.0 Å². The van der Waals surface area contributed by atoms with Crippen LogP contribution >= 0.6 is 15.9 Å². The highest BCUT2D eigenvalue weighted by Gasteiger charge is 2.49. The van der Waals surface area contributed by atoms with Gasteiger partial charge < -0.3 is 13.9 Å².